The highest BCUT2D eigenvalue weighted by atomic mass is 32.2. The number of nitrogens with zero attached hydrogens (tertiary/aromatic N) is 2. The molecule has 7 nitrogen and oxygen atoms in total. The van der Waals surface area contributed by atoms with Gasteiger partial charge in [-0.15, -0.1) is 0 Å². The van der Waals surface area contributed by atoms with Crippen molar-refractivity contribution >= 4 is 42.2 Å². The topological polar surface area (TPSA) is 114 Å². The van der Waals surface area contributed by atoms with Crippen molar-refractivity contribution in [2.24, 2.45) is 0 Å². The zero-order valence-electron chi connectivity index (χ0n) is 26.1. The highest BCUT2D eigenvalue weighted by molar-refractivity contribution is 7.91. The van der Waals surface area contributed by atoms with E-state index in [1.54, 1.807) is 64.4 Å². The second-order valence-corrected chi connectivity index (χ2v) is 16.9. The third-order valence-corrected chi connectivity index (χ3v) is 11.4. The van der Waals surface area contributed by atoms with Crippen molar-refractivity contribution in [3.8, 4) is 11.1 Å². The molecular formula is C36H36N2O5S2. The molecule has 0 saturated carbocycles. The van der Waals surface area contributed by atoms with E-state index in [2.05, 4.69) is 9.97 Å². The second kappa shape index (κ2) is 11.6. The number of fused-ring (bicyclic) bond motifs is 1. The van der Waals surface area contributed by atoms with E-state index in [-0.39, 0.29) is 4.90 Å². The predicted molar refractivity (Wildman–Crippen MR) is 181 cm³/mol. The van der Waals surface area contributed by atoms with Crippen LogP contribution >= 0.6 is 0 Å². The van der Waals surface area contributed by atoms with Crippen LogP contribution in [0.5, 0.6) is 0 Å². The Balaban J connectivity index is 1.69. The largest absolute Gasteiger partial charge is 0.386 e. The molecule has 9 heteroatoms. The van der Waals surface area contributed by atoms with Crippen LogP contribution in [0.3, 0.4) is 0 Å². The normalized spacial score (nSPS) is 13.3. The maximum absolute atomic E-state index is 12.8. The molecule has 1 N–H and O–H groups in total. The number of pyridine rings is 2. The van der Waals surface area contributed by atoms with Crippen molar-refractivity contribution in [2.75, 3.05) is 12.5 Å². The lowest BCUT2D eigenvalue weighted by atomic mass is 9.92. The van der Waals surface area contributed by atoms with Crippen molar-refractivity contribution in [3.05, 3.63) is 125 Å². The fraction of sp³-hybridized carbons (Fsp3) is 0.222. The van der Waals surface area contributed by atoms with Crippen LogP contribution in [0.1, 0.15) is 55.6 Å². The highest BCUT2D eigenvalue weighted by Gasteiger charge is 2.33. The van der Waals surface area contributed by atoms with Crippen molar-refractivity contribution < 1.29 is 21.9 Å². The van der Waals surface area contributed by atoms with Gasteiger partial charge in [-0.3, -0.25) is 9.97 Å². The van der Waals surface area contributed by atoms with Gasteiger partial charge in [-0.05, 0) is 98.5 Å². The molecule has 0 spiro atoms. The standard InChI is InChI=1S/C36H36N2O5S2/c1-35(2,39)28-14-17-33(38-23-28)31(25-12-15-30(16-13-25)44(5,40)41)20-24-9-7-10-26(19-24)32-22-29(36(3,4)45(6,42)43)21-27-11-8-18-37-34(27)32/h7-23,39H,1-6H3/b31-20-. The third-order valence-electron chi connectivity index (χ3n) is 8.18. The van der Waals surface area contributed by atoms with Crippen molar-refractivity contribution in [1.29, 1.82) is 0 Å². The summed E-state index contributed by atoms with van der Waals surface area (Å²) in [5.41, 5.74) is 5.71. The molecule has 45 heavy (non-hydrogen) atoms. The summed E-state index contributed by atoms with van der Waals surface area (Å²) < 4.78 is 48.6. The van der Waals surface area contributed by atoms with E-state index in [9.17, 15) is 21.9 Å². The van der Waals surface area contributed by atoms with Gasteiger partial charge in [0.05, 0.1) is 26.5 Å². The number of benzene rings is 3. The van der Waals surface area contributed by atoms with Crippen molar-refractivity contribution in [2.45, 2.75) is 42.9 Å². The van der Waals surface area contributed by atoms with E-state index >= 15 is 0 Å². The molecule has 2 heterocycles. The average molecular weight is 641 g/mol. The first-order valence-electron chi connectivity index (χ1n) is 14.4. The summed E-state index contributed by atoms with van der Waals surface area (Å²) in [5.74, 6) is 0. The summed E-state index contributed by atoms with van der Waals surface area (Å²) in [6.45, 7) is 6.81. The van der Waals surface area contributed by atoms with Gasteiger partial charge in [0.1, 0.15) is 0 Å². The van der Waals surface area contributed by atoms with Gasteiger partial charge >= 0.3 is 0 Å². The van der Waals surface area contributed by atoms with Crippen LogP contribution in [0.4, 0.5) is 0 Å². The Hall–Kier alpha value is -4.18. The van der Waals surface area contributed by atoms with Crippen LogP contribution in [-0.4, -0.2) is 44.4 Å². The SMILES string of the molecule is CC(C)(O)c1ccc(/C(=C\c2cccc(-c3cc(C(C)(C)S(C)(=O)=O)cc4cccnc34)c2)c2ccc(S(C)(=O)=O)cc2)nc1. The van der Waals surface area contributed by atoms with E-state index in [4.69, 9.17) is 0 Å². The van der Waals surface area contributed by atoms with Crippen molar-refractivity contribution in [3.63, 3.8) is 0 Å². The summed E-state index contributed by atoms with van der Waals surface area (Å²) in [4.78, 5) is 9.52. The molecule has 0 saturated heterocycles. The molecule has 3 aromatic carbocycles. The molecule has 2 aromatic heterocycles. The van der Waals surface area contributed by atoms with Crippen LogP contribution in [0, 0.1) is 0 Å². The molecule has 5 rings (SSSR count). The molecule has 0 bridgehead atoms. The zero-order chi connectivity index (χ0) is 32.8. The monoisotopic (exact) mass is 640 g/mol. The number of hydrogen-bond acceptors (Lipinski definition) is 7. The molecule has 0 fully saturated rings. The van der Waals surface area contributed by atoms with E-state index in [1.165, 1.54) is 12.5 Å². The number of hydrogen-bond donors (Lipinski definition) is 1. The summed E-state index contributed by atoms with van der Waals surface area (Å²) in [6.07, 6.45) is 7.75. The Bertz CT molecular complexity index is 2140. The number of sulfone groups is 2. The van der Waals surface area contributed by atoms with Gasteiger partial charge in [0.25, 0.3) is 0 Å². The summed E-state index contributed by atoms with van der Waals surface area (Å²) >= 11 is 0. The minimum atomic E-state index is -3.42. The molecular weight excluding hydrogens is 605 g/mol. The van der Waals surface area contributed by atoms with Gasteiger partial charge in [-0.1, -0.05) is 42.5 Å². The molecule has 0 aliphatic heterocycles. The van der Waals surface area contributed by atoms with Gasteiger partial charge in [0, 0.05) is 47.0 Å². The Kier molecular flexibility index (Phi) is 8.33. The maximum Gasteiger partial charge on any atom is 0.175 e. The Morgan fingerprint density at radius 1 is 0.778 bits per heavy atom. The number of rotatable bonds is 8. The lowest BCUT2D eigenvalue weighted by molar-refractivity contribution is 0.0782. The molecule has 0 atom stereocenters. The first-order chi connectivity index (χ1) is 20.9. The Morgan fingerprint density at radius 3 is 2.09 bits per heavy atom. The Labute approximate surface area is 265 Å². The van der Waals surface area contributed by atoms with E-state index in [1.807, 2.05) is 66.7 Å². The molecule has 232 valence electrons. The van der Waals surface area contributed by atoms with E-state index < -0.39 is 30.0 Å². The van der Waals surface area contributed by atoms with Crippen LogP contribution in [-0.2, 0) is 30.0 Å². The predicted octanol–water partition coefficient (Wildman–Crippen LogP) is 6.80. The molecule has 0 amide bonds. The van der Waals surface area contributed by atoms with E-state index in [0.717, 1.165) is 38.7 Å². The van der Waals surface area contributed by atoms with Gasteiger partial charge in [-0.25, -0.2) is 16.8 Å². The lowest BCUT2D eigenvalue weighted by Gasteiger charge is -2.24. The number of aromatic nitrogens is 2. The van der Waals surface area contributed by atoms with Gasteiger partial charge in [-0.2, -0.15) is 0 Å². The molecule has 0 aliphatic carbocycles. The lowest BCUT2D eigenvalue weighted by Crippen LogP contribution is -2.28. The smallest absolute Gasteiger partial charge is 0.175 e. The minimum Gasteiger partial charge on any atom is -0.386 e. The quantitative estimate of drug-likeness (QED) is 0.186. The van der Waals surface area contributed by atoms with Crippen LogP contribution < -0.4 is 0 Å². The van der Waals surface area contributed by atoms with Crippen LogP contribution in [0.25, 0.3) is 33.7 Å². The Morgan fingerprint density at radius 2 is 1.49 bits per heavy atom. The zero-order valence-corrected chi connectivity index (χ0v) is 27.7. The van der Waals surface area contributed by atoms with Crippen LogP contribution in [0.2, 0.25) is 0 Å². The first kappa shape index (κ1) is 32.2. The van der Waals surface area contributed by atoms with Gasteiger partial charge in [0.15, 0.2) is 19.7 Å². The fourth-order valence-electron chi connectivity index (χ4n) is 5.04. The summed E-state index contributed by atoms with van der Waals surface area (Å²) in [7, 11) is -6.80. The average Bonchev–Trinajstić information content (AvgIpc) is 2.98. The second-order valence-electron chi connectivity index (χ2n) is 12.4. The fourth-order valence-corrected chi connectivity index (χ4v) is 6.22. The molecule has 0 radical (unpaired) electrons. The van der Waals surface area contributed by atoms with Gasteiger partial charge in [0.2, 0.25) is 0 Å². The molecule has 0 unspecified atom stereocenters. The highest BCUT2D eigenvalue weighted by Crippen LogP contribution is 2.37. The molecule has 0 aliphatic rings. The number of aliphatic hydroxyl groups is 1. The van der Waals surface area contributed by atoms with Crippen molar-refractivity contribution in [1.82, 2.24) is 9.97 Å². The minimum absolute atomic E-state index is 0.217. The van der Waals surface area contributed by atoms with Gasteiger partial charge < -0.3 is 5.11 Å². The summed E-state index contributed by atoms with van der Waals surface area (Å²) in [5, 5.41) is 11.3. The molecule has 5 aromatic rings. The summed E-state index contributed by atoms with van der Waals surface area (Å²) in [6, 6.07) is 25.7. The third kappa shape index (κ3) is 6.76. The first-order valence-corrected chi connectivity index (χ1v) is 18.1. The van der Waals surface area contributed by atoms with E-state index in [0.29, 0.717) is 16.8 Å². The van der Waals surface area contributed by atoms with Crippen LogP contribution in [0.15, 0.2) is 102 Å². The maximum atomic E-state index is 12.8.